The Morgan fingerprint density at radius 2 is 1.94 bits per heavy atom. The van der Waals surface area contributed by atoms with Gasteiger partial charge in [0.05, 0.1) is 19.3 Å². The minimum absolute atomic E-state index is 0.0182. The molecule has 5 heteroatoms. The zero-order valence-electron chi connectivity index (χ0n) is 11.4. The van der Waals surface area contributed by atoms with Crippen molar-refractivity contribution in [2.75, 3.05) is 19.8 Å². The lowest BCUT2D eigenvalue weighted by atomic mass is 10.1. The lowest BCUT2D eigenvalue weighted by molar-refractivity contribution is 0.000153. The average Bonchev–Trinajstić information content (AvgIpc) is 2.14. The van der Waals surface area contributed by atoms with Crippen LogP contribution in [0.4, 0.5) is 4.79 Å². The first-order valence-corrected chi connectivity index (χ1v) is 5.95. The number of ether oxygens (including phenoxy) is 2. The molecule has 1 unspecified atom stereocenters. The van der Waals surface area contributed by atoms with E-state index < -0.39 is 11.7 Å². The molecule has 0 heterocycles. The van der Waals surface area contributed by atoms with Crippen LogP contribution in [0.2, 0.25) is 0 Å². The number of hydrogen-bond donors (Lipinski definition) is 2. The van der Waals surface area contributed by atoms with Crippen molar-refractivity contribution < 1.29 is 19.4 Å². The summed E-state index contributed by atoms with van der Waals surface area (Å²) in [7, 11) is 0. The minimum atomic E-state index is -0.497. The maximum absolute atomic E-state index is 11.4. The number of aliphatic hydroxyl groups is 1. The van der Waals surface area contributed by atoms with E-state index in [0.29, 0.717) is 6.54 Å². The van der Waals surface area contributed by atoms with Crippen molar-refractivity contribution >= 4 is 6.09 Å². The molecule has 5 nitrogen and oxygen atoms in total. The number of rotatable bonds is 6. The first-order chi connectivity index (χ1) is 7.76. The molecule has 0 saturated heterocycles. The fourth-order valence-corrected chi connectivity index (χ4v) is 1.19. The summed E-state index contributed by atoms with van der Waals surface area (Å²) in [6.45, 7) is 10.1. The quantitative estimate of drug-likeness (QED) is 0.747. The summed E-state index contributed by atoms with van der Waals surface area (Å²) in [6.07, 6.45) is -0.564. The second-order valence-electron chi connectivity index (χ2n) is 5.26. The van der Waals surface area contributed by atoms with E-state index in [1.54, 1.807) is 0 Å². The molecule has 0 aliphatic heterocycles. The van der Waals surface area contributed by atoms with Crippen LogP contribution in [-0.2, 0) is 9.47 Å². The standard InChI is InChI=1S/C12H25NO4/c1-9(2)10(16-7-6-14)8-13-11(15)17-12(3,4)5/h9-10,14H,6-8H2,1-5H3,(H,13,15). The molecular formula is C12H25NO4. The molecular weight excluding hydrogens is 222 g/mol. The maximum atomic E-state index is 11.4. The maximum Gasteiger partial charge on any atom is 0.407 e. The number of carbonyl (C=O) groups excluding carboxylic acids is 1. The van der Waals surface area contributed by atoms with Crippen LogP contribution in [0.1, 0.15) is 34.6 Å². The molecule has 1 atom stereocenters. The summed E-state index contributed by atoms with van der Waals surface area (Å²) in [6, 6.07) is 0. The van der Waals surface area contributed by atoms with Gasteiger partial charge in [0, 0.05) is 6.54 Å². The van der Waals surface area contributed by atoms with Gasteiger partial charge in [0.1, 0.15) is 5.60 Å². The van der Waals surface area contributed by atoms with Gasteiger partial charge in [-0.2, -0.15) is 0 Å². The van der Waals surface area contributed by atoms with E-state index in [0.717, 1.165) is 0 Å². The van der Waals surface area contributed by atoms with E-state index >= 15 is 0 Å². The SMILES string of the molecule is CC(C)C(CNC(=O)OC(C)(C)C)OCCO. The van der Waals surface area contributed by atoms with Crippen molar-refractivity contribution in [2.45, 2.75) is 46.3 Å². The van der Waals surface area contributed by atoms with Gasteiger partial charge in [0.2, 0.25) is 0 Å². The lowest BCUT2D eigenvalue weighted by Gasteiger charge is -2.24. The van der Waals surface area contributed by atoms with Crippen molar-refractivity contribution in [2.24, 2.45) is 5.92 Å². The van der Waals surface area contributed by atoms with Gasteiger partial charge in [-0.15, -0.1) is 0 Å². The van der Waals surface area contributed by atoms with Gasteiger partial charge in [0.25, 0.3) is 0 Å². The van der Waals surface area contributed by atoms with Crippen molar-refractivity contribution in [1.82, 2.24) is 5.32 Å². The molecule has 0 fully saturated rings. The lowest BCUT2D eigenvalue weighted by Crippen LogP contribution is -2.39. The van der Waals surface area contributed by atoms with Crippen LogP contribution in [0.3, 0.4) is 0 Å². The third kappa shape index (κ3) is 8.94. The summed E-state index contributed by atoms with van der Waals surface area (Å²) in [5.41, 5.74) is -0.497. The summed E-state index contributed by atoms with van der Waals surface area (Å²) < 4.78 is 10.5. The van der Waals surface area contributed by atoms with E-state index in [2.05, 4.69) is 5.32 Å². The minimum Gasteiger partial charge on any atom is -0.444 e. The van der Waals surface area contributed by atoms with Crippen LogP contribution in [-0.4, -0.2) is 42.7 Å². The zero-order valence-corrected chi connectivity index (χ0v) is 11.4. The molecule has 0 aliphatic carbocycles. The number of alkyl carbamates (subject to hydrolysis) is 1. The Morgan fingerprint density at radius 3 is 2.35 bits per heavy atom. The van der Waals surface area contributed by atoms with E-state index in [9.17, 15) is 4.79 Å². The summed E-state index contributed by atoms with van der Waals surface area (Å²) in [4.78, 5) is 11.4. The fraction of sp³-hybridized carbons (Fsp3) is 0.917. The number of hydrogen-bond acceptors (Lipinski definition) is 4. The summed E-state index contributed by atoms with van der Waals surface area (Å²) >= 11 is 0. The number of amides is 1. The Bertz CT molecular complexity index is 223. The van der Waals surface area contributed by atoms with Crippen molar-refractivity contribution in [3.8, 4) is 0 Å². The Kier molecular flexibility index (Phi) is 7.15. The van der Waals surface area contributed by atoms with Crippen LogP contribution in [0.5, 0.6) is 0 Å². The number of nitrogens with one attached hydrogen (secondary N) is 1. The van der Waals surface area contributed by atoms with Crippen LogP contribution in [0.15, 0.2) is 0 Å². The molecule has 0 radical (unpaired) electrons. The van der Waals surface area contributed by atoms with Gasteiger partial charge < -0.3 is 19.9 Å². The van der Waals surface area contributed by atoms with Crippen LogP contribution < -0.4 is 5.32 Å². The Balaban J connectivity index is 3.99. The van der Waals surface area contributed by atoms with Crippen molar-refractivity contribution in [1.29, 1.82) is 0 Å². The van der Waals surface area contributed by atoms with Crippen LogP contribution in [0.25, 0.3) is 0 Å². The summed E-state index contributed by atoms with van der Waals surface area (Å²) in [5.74, 6) is 0.261. The molecule has 1 amide bonds. The third-order valence-corrected chi connectivity index (χ3v) is 2.01. The molecule has 0 aliphatic rings. The molecule has 0 bridgehead atoms. The average molecular weight is 247 g/mol. The predicted octanol–water partition coefficient (Wildman–Crippen LogP) is 1.54. The Labute approximate surface area is 103 Å². The van der Waals surface area contributed by atoms with Gasteiger partial charge in [-0.1, -0.05) is 13.8 Å². The van der Waals surface area contributed by atoms with E-state index in [1.165, 1.54) is 0 Å². The molecule has 0 spiro atoms. The van der Waals surface area contributed by atoms with Crippen molar-refractivity contribution in [3.05, 3.63) is 0 Å². The van der Waals surface area contributed by atoms with Gasteiger partial charge in [-0.3, -0.25) is 0 Å². The second kappa shape index (κ2) is 7.50. The molecule has 0 aromatic rings. The first kappa shape index (κ1) is 16.2. The molecule has 0 aromatic heterocycles. The Hall–Kier alpha value is -0.810. The highest BCUT2D eigenvalue weighted by Gasteiger charge is 2.19. The van der Waals surface area contributed by atoms with E-state index in [1.807, 2.05) is 34.6 Å². The smallest absolute Gasteiger partial charge is 0.407 e. The van der Waals surface area contributed by atoms with Gasteiger partial charge in [0.15, 0.2) is 0 Å². The normalized spacial score (nSPS) is 13.6. The Morgan fingerprint density at radius 1 is 1.35 bits per heavy atom. The second-order valence-corrected chi connectivity index (χ2v) is 5.26. The molecule has 0 aromatic carbocycles. The van der Waals surface area contributed by atoms with E-state index in [-0.39, 0.29) is 25.2 Å². The summed E-state index contributed by atoms with van der Waals surface area (Å²) in [5, 5.41) is 11.4. The molecule has 102 valence electrons. The van der Waals surface area contributed by atoms with Gasteiger partial charge in [-0.05, 0) is 26.7 Å². The van der Waals surface area contributed by atoms with Crippen LogP contribution in [0, 0.1) is 5.92 Å². The topological polar surface area (TPSA) is 67.8 Å². The molecule has 0 saturated carbocycles. The van der Waals surface area contributed by atoms with Gasteiger partial charge >= 0.3 is 6.09 Å². The fourth-order valence-electron chi connectivity index (χ4n) is 1.19. The highest BCUT2D eigenvalue weighted by molar-refractivity contribution is 5.67. The largest absolute Gasteiger partial charge is 0.444 e. The highest BCUT2D eigenvalue weighted by Crippen LogP contribution is 2.08. The molecule has 0 rings (SSSR count). The molecule has 2 N–H and O–H groups in total. The van der Waals surface area contributed by atoms with E-state index in [4.69, 9.17) is 14.6 Å². The molecule has 17 heavy (non-hydrogen) atoms. The van der Waals surface area contributed by atoms with Crippen LogP contribution >= 0.6 is 0 Å². The van der Waals surface area contributed by atoms with Crippen molar-refractivity contribution in [3.63, 3.8) is 0 Å². The number of aliphatic hydroxyl groups excluding tert-OH is 1. The van der Waals surface area contributed by atoms with Gasteiger partial charge in [-0.25, -0.2) is 4.79 Å². The third-order valence-electron chi connectivity index (χ3n) is 2.01. The zero-order chi connectivity index (χ0) is 13.5. The number of carbonyl (C=O) groups is 1. The highest BCUT2D eigenvalue weighted by atomic mass is 16.6. The monoisotopic (exact) mass is 247 g/mol. The predicted molar refractivity (Wildman–Crippen MR) is 65.9 cm³/mol. The first-order valence-electron chi connectivity index (χ1n) is 5.95.